The van der Waals surface area contributed by atoms with E-state index in [9.17, 15) is 4.79 Å². The van der Waals surface area contributed by atoms with Crippen LogP contribution in [0.3, 0.4) is 0 Å². The highest BCUT2D eigenvalue weighted by Gasteiger charge is 2.10. The molecule has 0 saturated heterocycles. The Balaban J connectivity index is 2.38. The van der Waals surface area contributed by atoms with Gasteiger partial charge in [0.2, 0.25) is 5.24 Å². The third-order valence-electron chi connectivity index (χ3n) is 2.48. The van der Waals surface area contributed by atoms with Gasteiger partial charge in [-0.25, -0.2) is 0 Å². The van der Waals surface area contributed by atoms with Crippen LogP contribution >= 0.6 is 34.5 Å². The van der Waals surface area contributed by atoms with Crippen molar-refractivity contribution in [2.24, 2.45) is 0 Å². The predicted octanol–water partition coefficient (Wildman–Crippen LogP) is 4.77. The molecule has 0 spiro atoms. The van der Waals surface area contributed by atoms with Gasteiger partial charge in [0, 0.05) is 16.3 Å². The molecule has 0 radical (unpaired) electrons. The summed E-state index contributed by atoms with van der Waals surface area (Å²) in [6.07, 6.45) is 0.888. The molecule has 0 aliphatic rings. The zero-order valence-corrected chi connectivity index (χ0v) is 11.3. The van der Waals surface area contributed by atoms with E-state index >= 15 is 0 Å². The maximum atomic E-state index is 10.9. The Labute approximate surface area is 114 Å². The lowest BCUT2D eigenvalue weighted by Gasteiger charge is -2.09. The van der Waals surface area contributed by atoms with Crippen LogP contribution in [0.25, 0.3) is 10.4 Å². The fourth-order valence-electron chi connectivity index (χ4n) is 1.70. The molecule has 1 aromatic heterocycles. The molecule has 0 fully saturated rings. The lowest BCUT2D eigenvalue weighted by molar-refractivity contribution is -0.111. The zero-order valence-electron chi connectivity index (χ0n) is 8.95. The molecular formula is C13H10Cl2OS. The molecule has 2 rings (SSSR count). The van der Waals surface area contributed by atoms with Crippen LogP contribution in [0.2, 0.25) is 5.02 Å². The molecule has 0 aliphatic carbocycles. The van der Waals surface area contributed by atoms with Gasteiger partial charge in [0.05, 0.1) is 0 Å². The van der Waals surface area contributed by atoms with Gasteiger partial charge in [-0.3, -0.25) is 4.79 Å². The smallest absolute Gasteiger partial charge is 0.221 e. The number of carbonyl (C=O) groups is 1. The second kappa shape index (κ2) is 5.67. The highest BCUT2D eigenvalue weighted by Crippen LogP contribution is 2.33. The first-order chi connectivity index (χ1) is 8.18. The van der Waals surface area contributed by atoms with Crippen LogP contribution in [0, 0.1) is 0 Å². The number of benzene rings is 1. The molecule has 0 N–H and O–H groups in total. The zero-order chi connectivity index (χ0) is 12.3. The van der Waals surface area contributed by atoms with Gasteiger partial charge in [-0.1, -0.05) is 29.8 Å². The molecule has 1 aromatic carbocycles. The van der Waals surface area contributed by atoms with E-state index in [1.807, 2.05) is 35.7 Å². The summed E-state index contributed by atoms with van der Waals surface area (Å²) in [6.45, 7) is 0. The van der Waals surface area contributed by atoms with Crippen molar-refractivity contribution < 1.29 is 4.79 Å². The van der Waals surface area contributed by atoms with E-state index in [1.54, 1.807) is 11.3 Å². The molecule has 88 valence electrons. The highest BCUT2D eigenvalue weighted by molar-refractivity contribution is 7.13. The van der Waals surface area contributed by atoms with E-state index < -0.39 is 0 Å². The summed E-state index contributed by atoms with van der Waals surface area (Å²) in [5.74, 6) is 0. The third-order valence-corrected chi connectivity index (χ3v) is 3.92. The molecule has 0 atom stereocenters. The van der Waals surface area contributed by atoms with Gasteiger partial charge < -0.3 is 0 Å². The largest absolute Gasteiger partial charge is 0.281 e. The second-order valence-electron chi connectivity index (χ2n) is 3.60. The van der Waals surface area contributed by atoms with Gasteiger partial charge >= 0.3 is 0 Å². The van der Waals surface area contributed by atoms with Crippen molar-refractivity contribution in [3.8, 4) is 10.4 Å². The van der Waals surface area contributed by atoms with E-state index in [2.05, 4.69) is 0 Å². The summed E-state index contributed by atoms with van der Waals surface area (Å²) in [5, 5.41) is 2.38. The molecule has 4 heteroatoms. The van der Waals surface area contributed by atoms with Crippen LogP contribution in [0.5, 0.6) is 0 Å². The summed E-state index contributed by atoms with van der Waals surface area (Å²) in [4.78, 5) is 12.0. The molecule has 1 nitrogen and oxygen atoms in total. The SMILES string of the molecule is O=C(Cl)CCc1c(Cl)cccc1-c1cccs1. The minimum absolute atomic E-state index is 0.309. The Morgan fingerprint density at radius 1 is 1.24 bits per heavy atom. The molecule has 17 heavy (non-hydrogen) atoms. The predicted molar refractivity (Wildman–Crippen MR) is 73.9 cm³/mol. The molecule has 0 bridgehead atoms. The van der Waals surface area contributed by atoms with Gasteiger partial charge in [0.25, 0.3) is 0 Å². The summed E-state index contributed by atoms with van der Waals surface area (Å²) < 4.78 is 0. The number of hydrogen-bond acceptors (Lipinski definition) is 2. The number of hydrogen-bond donors (Lipinski definition) is 0. The van der Waals surface area contributed by atoms with Crippen LogP contribution in [0.4, 0.5) is 0 Å². The van der Waals surface area contributed by atoms with Crippen molar-refractivity contribution in [1.29, 1.82) is 0 Å². The quantitative estimate of drug-likeness (QED) is 0.740. The Bertz CT molecular complexity index is 520. The number of rotatable bonds is 4. The van der Waals surface area contributed by atoms with E-state index in [-0.39, 0.29) is 5.24 Å². The van der Waals surface area contributed by atoms with E-state index in [4.69, 9.17) is 23.2 Å². The monoisotopic (exact) mass is 284 g/mol. The maximum Gasteiger partial charge on any atom is 0.221 e. The average Bonchev–Trinajstić information content (AvgIpc) is 2.80. The van der Waals surface area contributed by atoms with Crippen molar-refractivity contribution in [1.82, 2.24) is 0 Å². The van der Waals surface area contributed by atoms with Crippen LogP contribution in [0.1, 0.15) is 12.0 Å². The van der Waals surface area contributed by atoms with Crippen molar-refractivity contribution in [2.45, 2.75) is 12.8 Å². The highest BCUT2D eigenvalue weighted by atomic mass is 35.5. The first-order valence-electron chi connectivity index (χ1n) is 5.18. The van der Waals surface area contributed by atoms with E-state index in [1.165, 1.54) is 0 Å². The van der Waals surface area contributed by atoms with Crippen LogP contribution in [-0.4, -0.2) is 5.24 Å². The Kier molecular flexibility index (Phi) is 4.21. The lowest BCUT2D eigenvalue weighted by Crippen LogP contribution is -1.95. The normalized spacial score (nSPS) is 10.5. The standard InChI is InChI=1S/C13H10Cl2OS/c14-11-4-1-3-10(12-5-2-8-17-12)9(11)6-7-13(15)16/h1-5,8H,6-7H2. The van der Waals surface area contributed by atoms with Gasteiger partial charge in [-0.15, -0.1) is 11.3 Å². The van der Waals surface area contributed by atoms with Crippen LogP contribution in [-0.2, 0) is 11.2 Å². The maximum absolute atomic E-state index is 10.9. The fraction of sp³-hybridized carbons (Fsp3) is 0.154. The van der Waals surface area contributed by atoms with Gasteiger partial charge in [-0.05, 0) is 46.7 Å². The Morgan fingerprint density at radius 3 is 2.71 bits per heavy atom. The molecule has 0 saturated carbocycles. The second-order valence-corrected chi connectivity index (χ2v) is 5.37. The Morgan fingerprint density at radius 2 is 2.06 bits per heavy atom. The van der Waals surface area contributed by atoms with E-state index in [0.29, 0.717) is 17.9 Å². The van der Waals surface area contributed by atoms with Crippen molar-refractivity contribution in [3.63, 3.8) is 0 Å². The Hall–Kier alpha value is -0.830. The topological polar surface area (TPSA) is 17.1 Å². The van der Waals surface area contributed by atoms with Gasteiger partial charge in [0.15, 0.2) is 0 Å². The molecule has 0 unspecified atom stereocenters. The van der Waals surface area contributed by atoms with Crippen molar-refractivity contribution >= 4 is 39.8 Å². The minimum atomic E-state index is -0.331. The van der Waals surface area contributed by atoms with Gasteiger partial charge in [0.1, 0.15) is 0 Å². The fourth-order valence-corrected chi connectivity index (χ4v) is 2.84. The van der Waals surface area contributed by atoms with Crippen molar-refractivity contribution in [3.05, 3.63) is 46.3 Å². The summed E-state index contributed by atoms with van der Waals surface area (Å²) in [6, 6.07) is 9.82. The van der Waals surface area contributed by atoms with Crippen molar-refractivity contribution in [2.75, 3.05) is 0 Å². The average molecular weight is 285 g/mol. The molecule has 0 amide bonds. The summed E-state index contributed by atoms with van der Waals surface area (Å²) in [5.41, 5.74) is 2.08. The molecular weight excluding hydrogens is 275 g/mol. The molecule has 0 aliphatic heterocycles. The third kappa shape index (κ3) is 3.09. The van der Waals surface area contributed by atoms with Crippen LogP contribution < -0.4 is 0 Å². The number of thiophene rings is 1. The molecule has 2 aromatic rings. The summed E-state index contributed by atoms with van der Waals surface area (Å²) in [7, 11) is 0. The lowest BCUT2D eigenvalue weighted by atomic mass is 10.0. The number of carbonyl (C=O) groups excluding carboxylic acids is 1. The van der Waals surface area contributed by atoms with E-state index in [0.717, 1.165) is 16.0 Å². The minimum Gasteiger partial charge on any atom is -0.281 e. The first-order valence-corrected chi connectivity index (χ1v) is 6.81. The molecule has 1 heterocycles. The number of halogens is 2. The first kappa shape index (κ1) is 12.6. The summed E-state index contributed by atoms with van der Waals surface area (Å²) >= 11 is 13.2. The van der Waals surface area contributed by atoms with Crippen LogP contribution in [0.15, 0.2) is 35.7 Å². The van der Waals surface area contributed by atoms with Gasteiger partial charge in [-0.2, -0.15) is 0 Å².